The normalized spacial score (nSPS) is 18.7. The highest BCUT2D eigenvalue weighted by Gasteiger charge is 2.49. The van der Waals surface area contributed by atoms with E-state index in [1.165, 1.54) is 24.1 Å². The molecule has 1 heterocycles. The molecular weight excluding hydrogens is 422 g/mol. The molecule has 2 aromatic rings. The van der Waals surface area contributed by atoms with E-state index in [0.29, 0.717) is 23.5 Å². The Balaban J connectivity index is 2.03. The maximum absolute atomic E-state index is 13.3. The summed E-state index contributed by atoms with van der Waals surface area (Å²) in [6.07, 6.45) is 0. The third-order valence-electron chi connectivity index (χ3n) is 4.90. The number of aliphatic imine (C=N–C) groups is 1. The number of hydrogen-bond donors (Lipinski definition) is 1. The molecule has 9 nitrogen and oxygen atoms in total. The Morgan fingerprint density at radius 1 is 1.10 bits per heavy atom. The number of ether oxygens (including phenoxy) is 2. The second-order valence-electron chi connectivity index (χ2n) is 6.84. The van der Waals surface area contributed by atoms with E-state index in [2.05, 4.69) is 4.99 Å². The van der Waals surface area contributed by atoms with Crippen molar-refractivity contribution in [3.8, 4) is 11.5 Å². The van der Waals surface area contributed by atoms with Gasteiger partial charge in [0.15, 0.2) is 11.5 Å². The summed E-state index contributed by atoms with van der Waals surface area (Å²) in [6.45, 7) is 2.21. The Hall–Kier alpha value is -3.11. The lowest BCUT2D eigenvalue weighted by atomic mass is 9.82. The number of nitrogens with zero attached hydrogens (tertiary/aromatic N) is 2. The number of nitrogens with two attached hydrogens (primary N) is 1. The number of hydrogen-bond acceptors (Lipinski definition) is 8. The Labute approximate surface area is 181 Å². The summed E-state index contributed by atoms with van der Waals surface area (Å²) in [7, 11) is -0.796. The topological polar surface area (TPSA) is 121 Å². The lowest BCUT2D eigenvalue weighted by Gasteiger charge is -2.26. The van der Waals surface area contributed by atoms with Gasteiger partial charge in [0, 0.05) is 13.7 Å². The molecule has 0 saturated heterocycles. The molecule has 0 bridgehead atoms. The second kappa shape index (κ2) is 8.94. The SMILES string of the molecule is CCOCCS(=O)(=O)Oc1cccc(C2(c3ccc(OC)cc3)N=C(N)N(C)C2=O)c1. The van der Waals surface area contributed by atoms with Gasteiger partial charge >= 0.3 is 10.1 Å². The minimum absolute atomic E-state index is 0.0262. The highest BCUT2D eigenvalue weighted by Crippen LogP contribution is 2.40. The van der Waals surface area contributed by atoms with E-state index in [-0.39, 0.29) is 30.0 Å². The highest BCUT2D eigenvalue weighted by atomic mass is 32.2. The van der Waals surface area contributed by atoms with Crippen molar-refractivity contribution in [2.75, 3.05) is 33.1 Å². The van der Waals surface area contributed by atoms with E-state index in [1.807, 2.05) is 0 Å². The molecule has 1 amide bonds. The molecule has 1 atom stereocenters. The van der Waals surface area contributed by atoms with Gasteiger partial charge in [0.25, 0.3) is 5.91 Å². The molecule has 10 heteroatoms. The van der Waals surface area contributed by atoms with Crippen molar-refractivity contribution in [2.24, 2.45) is 10.7 Å². The van der Waals surface area contributed by atoms with Gasteiger partial charge in [0.05, 0.1) is 13.7 Å². The van der Waals surface area contributed by atoms with E-state index >= 15 is 0 Å². The van der Waals surface area contributed by atoms with Crippen molar-refractivity contribution >= 4 is 22.0 Å². The average Bonchev–Trinajstić information content (AvgIpc) is 2.98. The number of guanidine groups is 1. The molecule has 31 heavy (non-hydrogen) atoms. The zero-order valence-electron chi connectivity index (χ0n) is 17.6. The van der Waals surface area contributed by atoms with Crippen LogP contribution in [0.1, 0.15) is 18.1 Å². The lowest BCUT2D eigenvalue weighted by Crippen LogP contribution is -2.41. The van der Waals surface area contributed by atoms with Crippen LogP contribution in [0.2, 0.25) is 0 Å². The monoisotopic (exact) mass is 447 g/mol. The van der Waals surface area contributed by atoms with Crippen molar-refractivity contribution < 1.29 is 26.9 Å². The fourth-order valence-corrected chi connectivity index (χ4v) is 4.09. The Morgan fingerprint density at radius 3 is 2.39 bits per heavy atom. The zero-order chi connectivity index (χ0) is 22.6. The van der Waals surface area contributed by atoms with Gasteiger partial charge < -0.3 is 19.4 Å². The van der Waals surface area contributed by atoms with E-state index in [4.69, 9.17) is 19.4 Å². The van der Waals surface area contributed by atoms with Gasteiger partial charge in [0.1, 0.15) is 17.3 Å². The number of carbonyl (C=O) groups is 1. The third-order valence-corrected chi connectivity index (χ3v) is 6.02. The van der Waals surface area contributed by atoms with Crippen LogP contribution in [-0.2, 0) is 25.2 Å². The molecule has 0 aromatic heterocycles. The Kier molecular flexibility index (Phi) is 6.51. The van der Waals surface area contributed by atoms with Gasteiger partial charge in [0.2, 0.25) is 0 Å². The standard InChI is InChI=1S/C21H25N3O6S/c1-4-29-12-13-31(26,27)30-18-7-5-6-16(14-18)21(19(25)24(2)20(22)23-21)15-8-10-17(28-3)11-9-15/h5-11,14H,4,12-13H2,1-3H3,(H2,22,23). The molecule has 1 aliphatic rings. The van der Waals surface area contributed by atoms with Crippen LogP contribution in [0.5, 0.6) is 11.5 Å². The fraction of sp³-hybridized carbons (Fsp3) is 0.333. The molecule has 0 aliphatic carbocycles. The van der Waals surface area contributed by atoms with Crippen LogP contribution >= 0.6 is 0 Å². The molecule has 166 valence electrons. The lowest BCUT2D eigenvalue weighted by molar-refractivity contribution is -0.129. The van der Waals surface area contributed by atoms with Crippen molar-refractivity contribution in [2.45, 2.75) is 12.5 Å². The van der Waals surface area contributed by atoms with Crippen LogP contribution < -0.4 is 14.7 Å². The molecule has 2 aromatic carbocycles. The summed E-state index contributed by atoms with van der Waals surface area (Å²) in [5, 5.41) is 0. The van der Waals surface area contributed by atoms with Crippen LogP contribution in [-0.4, -0.2) is 58.3 Å². The quantitative estimate of drug-likeness (QED) is 0.456. The summed E-state index contributed by atoms with van der Waals surface area (Å²) in [4.78, 5) is 19.0. The number of rotatable bonds is 9. The number of carbonyl (C=O) groups excluding carboxylic acids is 1. The average molecular weight is 448 g/mol. The van der Waals surface area contributed by atoms with E-state index in [0.717, 1.165) is 0 Å². The van der Waals surface area contributed by atoms with Crippen LogP contribution in [0.15, 0.2) is 53.5 Å². The van der Waals surface area contributed by atoms with E-state index in [9.17, 15) is 13.2 Å². The highest BCUT2D eigenvalue weighted by molar-refractivity contribution is 7.87. The summed E-state index contributed by atoms with van der Waals surface area (Å²) in [6, 6.07) is 13.1. The minimum Gasteiger partial charge on any atom is -0.497 e. The summed E-state index contributed by atoms with van der Waals surface area (Å²) in [5.74, 6) is 0.0784. The van der Waals surface area contributed by atoms with Crippen molar-refractivity contribution in [3.05, 3.63) is 59.7 Å². The van der Waals surface area contributed by atoms with Gasteiger partial charge in [-0.25, -0.2) is 4.99 Å². The van der Waals surface area contributed by atoms with E-state index in [1.54, 1.807) is 50.4 Å². The second-order valence-corrected chi connectivity index (χ2v) is 8.53. The van der Waals surface area contributed by atoms with Gasteiger partial charge in [-0.1, -0.05) is 24.3 Å². The van der Waals surface area contributed by atoms with Crippen LogP contribution in [0.4, 0.5) is 0 Å². The number of benzene rings is 2. The molecule has 0 radical (unpaired) electrons. The predicted molar refractivity (Wildman–Crippen MR) is 116 cm³/mol. The molecule has 0 spiro atoms. The zero-order valence-corrected chi connectivity index (χ0v) is 18.4. The van der Waals surface area contributed by atoms with Gasteiger partial charge in [-0.15, -0.1) is 0 Å². The van der Waals surface area contributed by atoms with Gasteiger partial charge in [-0.05, 0) is 42.3 Å². The van der Waals surface area contributed by atoms with Crippen LogP contribution in [0.3, 0.4) is 0 Å². The van der Waals surface area contributed by atoms with Crippen molar-refractivity contribution in [1.82, 2.24) is 4.90 Å². The summed E-state index contributed by atoms with van der Waals surface area (Å²) >= 11 is 0. The first-order valence-electron chi connectivity index (χ1n) is 9.62. The smallest absolute Gasteiger partial charge is 0.311 e. The third kappa shape index (κ3) is 4.49. The molecule has 1 unspecified atom stereocenters. The van der Waals surface area contributed by atoms with Crippen LogP contribution in [0.25, 0.3) is 0 Å². The summed E-state index contributed by atoms with van der Waals surface area (Å²) < 4.78 is 40.0. The first kappa shape index (κ1) is 22.6. The maximum atomic E-state index is 13.3. The molecule has 3 rings (SSSR count). The first-order chi connectivity index (χ1) is 14.7. The van der Waals surface area contributed by atoms with Crippen molar-refractivity contribution in [1.29, 1.82) is 0 Å². The largest absolute Gasteiger partial charge is 0.497 e. The summed E-state index contributed by atoms with van der Waals surface area (Å²) in [5.41, 5.74) is 5.48. The van der Waals surface area contributed by atoms with E-state index < -0.39 is 15.7 Å². The van der Waals surface area contributed by atoms with Gasteiger partial charge in [-0.2, -0.15) is 8.42 Å². The molecule has 0 fully saturated rings. The number of methoxy groups -OCH3 is 1. The molecular formula is C21H25N3O6S. The first-order valence-corrected chi connectivity index (χ1v) is 11.2. The fourth-order valence-electron chi connectivity index (χ4n) is 3.28. The maximum Gasteiger partial charge on any atom is 0.311 e. The molecule has 2 N–H and O–H groups in total. The van der Waals surface area contributed by atoms with Crippen LogP contribution in [0, 0.1) is 0 Å². The Bertz CT molecular complexity index is 1080. The van der Waals surface area contributed by atoms with Crippen molar-refractivity contribution in [3.63, 3.8) is 0 Å². The molecule has 0 saturated carbocycles. The predicted octanol–water partition coefficient (Wildman–Crippen LogP) is 1.47. The minimum atomic E-state index is -3.87. The Morgan fingerprint density at radius 2 is 1.81 bits per heavy atom. The molecule has 1 aliphatic heterocycles. The van der Waals surface area contributed by atoms with Gasteiger partial charge in [-0.3, -0.25) is 9.69 Å². The number of amides is 1. The number of likely N-dealkylation sites (N-methyl/N-ethyl adjacent to an activating group) is 1.